The third kappa shape index (κ3) is 2.79. The van der Waals surface area contributed by atoms with Crippen LogP contribution in [0.3, 0.4) is 0 Å². The van der Waals surface area contributed by atoms with Crippen molar-refractivity contribution in [2.24, 2.45) is 5.92 Å². The van der Waals surface area contributed by atoms with E-state index in [9.17, 15) is 8.78 Å². The van der Waals surface area contributed by atoms with Crippen molar-refractivity contribution in [3.8, 4) is 0 Å². The van der Waals surface area contributed by atoms with Crippen molar-refractivity contribution in [3.05, 3.63) is 35.4 Å². The summed E-state index contributed by atoms with van der Waals surface area (Å²) in [4.78, 5) is 0. The van der Waals surface area contributed by atoms with Gasteiger partial charge in [-0.05, 0) is 43.4 Å². The maximum Gasteiger partial charge on any atom is 0.127 e. The van der Waals surface area contributed by atoms with Gasteiger partial charge in [-0.3, -0.25) is 0 Å². The number of benzene rings is 1. The molecule has 1 nitrogen and oxygen atoms in total. The van der Waals surface area contributed by atoms with E-state index in [-0.39, 0.29) is 11.6 Å². The molecule has 0 aromatic heterocycles. The first-order valence-electron chi connectivity index (χ1n) is 5.88. The molecule has 2 rings (SSSR count). The molecule has 1 N–H and O–H groups in total. The van der Waals surface area contributed by atoms with Gasteiger partial charge in [-0.25, -0.2) is 8.78 Å². The van der Waals surface area contributed by atoms with Gasteiger partial charge in [0.15, 0.2) is 0 Å². The van der Waals surface area contributed by atoms with Crippen LogP contribution in [0.4, 0.5) is 8.78 Å². The minimum Gasteiger partial charge on any atom is -0.310 e. The number of nitrogens with one attached hydrogen (secondary N) is 1. The van der Waals surface area contributed by atoms with Gasteiger partial charge in [0.1, 0.15) is 11.6 Å². The van der Waals surface area contributed by atoms with Crippen LogP contribution in [0.25, 0.3) is 0 Å². The summed E-state index contributed by atoms with van der Waals surface area (Å²) in [6, 6.07) is 4.05. The molecule has 3 heteroatoms. The van der Waals surface area contributed by atoms with E-state index in [0.29, 0.717) is 18.2 Å². The van der Waals surface area contributed by atoms with E-state index in [2.05, 4.69) is 12.2 Å². The van der Waals surface area contributed by atoms with E-state index in [0.717, 1.165) is 18.4 Å². The summed E-state index contributed by atoms with van der Waals surface area (Å²) in [6.07, 6.45) is 3.57. The zero-order valence-corrected chi connectivity index (χ0v) is 9.47. The zero-order chi connectivity index (χ0) is 11.5. The maximum atomic E-state index is 13.3. The lowest BCUT2D eigenvalue weighted by atomic mass is 10.1. The lowest BCUT2D eigenvalue weighted by Gasteiger charge is -2.16. The van der Waals surface area contributed by atoms with Crippen molar-refractivity contribution in [2.45, 2.75) is 38.8 Å². The Morgan fingerprint density at radius 2 is 2.12 bits per heavy atom. The Bertz CT molecular complexity index is 361. The van der Waals surface area contributed by atoms with Gasteiger partial charge >= 0.3 is 0 Å². The molecule has 1 atom stereocenters. The standard InChI is InChI=1S/C13H17F2N/c1-2-13(9-3-4-9)16-8-10-7-11(14)5-6-12(10)15/h5-7,9,13,16H,2-4,8H2,1H3. The Kier molecular flexibility index (Phi) is 3.54. The third-order valence-corrected chi connectivity index (χ3v) is 3.19. The smallest absolute Gasteiger partial charge is 0.127 e. The SMILES string of the molecule is CCC(NCc1cc(F)ccc1F)C1CC1. The Hall–Kier alpha value is -0.960. The molecule has 1 aliphatic rings. The first-order valence-corrected chi connectivity index (χ1v) is 5.88. The second-order valence-electron chi connectivity index (χ2n) is 4.47. The largest absolute Gasteiger partial charge is 0.310 e. The summed E-state index contributed by atoms with van der Waals surface area (Å²) in [7, 11) is 0. The summed E-state index contributed by atoms with van der Waals surface area (Å²) in [6.45, 7) is 2.54. The van der Waals surface area contributed by atoms with Gasteiger partial charge in [-0.1, -0.05) is 6.92 Å². The van der Waals surface area contributed by atoms with E-state index < -0.39 is 0 Å². The van der Waals surface area contributed by atoms with Gasteiger partial charge in [-0.15, -0.1) is 0 Å². The zero-order valence-electron chi connectivity index (χ0n) is 9.47. The Balaban J connectivity index is 1.95. The van der Waals surface area contributed by atoms with Crippen LogP contribution >= 0.6 is 0 Å². The van der Waals surface area contributed by atoms with Crippen molar-refractivity contribution >= 4 is 0 Å². The molecular formula is C13H17F2N. The normalized spacial score (nSPS) is 17.4. The van der Waals surface area contributed by atoms with Gasteiger partial charge in [0.25, 0.3) is 0 Å². The molecule has 0 amide bonds. The fraction of sp³-hybridized carbons (Fsp3) is 0.538. The van der Waals surface area contributed by atoms with Crippen molar-refractivity contribution < 1.29 is 8.78 Å². The van der Waals surface area contributed by atoms with Gasteiger partial charge in [0.05, 0.1) is 0 Å². The third-order valence-electron chi connectivity index (χ3n) is 3.19. The van der Waals surface area contributed by atoms with Gasteiger partial charge in [-0.2, -0.15) is 0 Å². The van der Waals surface area contributed by atoms with Gasteiger partial charge in [0, 0.05) is 18.2 Å². The van der Waals surface area contributed by atoms with Crippen LogP contribution in [0.2, 0.25) is 0 Å². The van der Waals surface area contributed by atoms with Crippen LogP contribution in [-0.4, -0.2) is 6.04 Å². The highest BCUT2D eigenvalue weighted by Gasteiger charge is 2.29. The van der Waals surface area contributed by atoms with E-state index in [4.69, 9.17) is 0 Å². The molecule has 0 spiro atoms. The summed E-state index contributed by atoms with van der Waals surface area (Å²) in [5, 5.41) is 3.31. The summed E-state index contributed by atoms with van der Waals surface area (Å²) in [5.41, 5.74) is 0.416. The van der Waals surface area contributed by atoms with Crippen LogP contribution in [-0.2, 0) is 6.54 Å². The van der Waals surface area contributed by atoms with Crippen LogP contribution in [0.15, 0.2) is 18.2 Å². The molecule has 0 radical (unpaired) electrons. The molecular weight excluding hydrogens is 208 g/mol. The summed E-state index contributed by atoms with van der Waals surface area (Å²) in [5.74, 6) is 0.0267. The lowest BCUT2D eigenvalue weighted by molar-refractivity contribution is 0.441. The highest BCUT2D eigenvalue weighted by molar-refractivity contribution is 5.18. The average Bonchev–Trinajstić information content (AvgIpc) is 3.08. The highest BCUT2D eigenvalue weighted by Crippen LogP contribution is 2.34. The maximum absolute atomic E-state index is 13.3. The first kappa shape index (κ1) is 11.5. The Morgan fingerprint density at radius 3 is 2.75 bits per heavy atom. The quantitative estimate of drug-likeness (QED) is 0.811. The summed E-state index contributed by atoms with van der Waals surface area (Å²) >= 11 is 0. The predicted molar refractivity (Wildman–Crippen MR) is 60.0 cm³/mol. The van der Waals surface area contributed by atoms with Crippen LogP contribution in [0.1, 0.15) is 31.7 Å². The number of hydrogen-bond acceptors (Lipinski definition) is 1. The molecule has 0 saturated heterocycles. The monoisotopic (exact) mass is 225 g/mol. The molecule has 0 bridgehead atoms. The minimum absolute atomic E-state index is 0.334. The van der Waals surface area contributed by atoms with Gasteiger partial charge in [0.2, 0.25) is 0 Å². The van der Waals surface area contributed by atoms with Crippen molar-refractivity contribution in [3.63, 3.8) is 0 Å². The number of hydrogen-bond donors (Lipinski definition) is 1. The molecule has 1 aromatic carbocycles. The van der Waals surface area contributed by atoms with Crippen LogP contribution in [0, 0.1) is 17.6 Å². The van der Waals surface area contributed by atoms with Gasteiger partial charge < -0.3 is 5.32 Å². The van der Waals surface area contributed by atoms with E-state index >= 15 is 0 Å². The number of rotatable bonds is 5. The number of halogens is 2. The summed E-state index contributed by atoms with van der Waals surface area (Å²) < 4.78 is 26.3. The molecule has 1 unspecified atom stereocenters. The Labute approximate surface area is 94.9 Å². The van der Waals surface area contributed by atoms with Crippen LogP contribution < -0.4 is 5.32 Å². The minimum atomic E-state index is -0.377. The topological polar surface area (TPSA) is 12.0 Å². The first-order chi connectivity index (χ1) is 7.70. The Morgan fingerprint density at radius 1 is 1.38 bits per heavy atom. The van der Waals surface area contributed by atoms with E-state index in [1.54, 1.807) is 0 Å². The fourth-order valence-corrected chi connectivity index (χ4v) is 2.06. The second-order valence-corrected chi connectivity index (χ2v) is 4.47. The molecule has 0 aliphatic heterocycles. The molecule has 1 aromatic rings. The lowest BCUT2D eigenvalue weighted by Crippen LogP contribution is -2.30. The van der Waals surface area contributed by atoms with E-state index in [1.165, 1.54) is 25.0 Å². The van der Waals surface area contributed by atoms with Crippen LogP contribution in [0.5, 0.6) is 0 Å². The predicted octanol–water partition coefficient (Wildman–Crippen LogP) is 3.24. The molecule has 88 valence electrons. The molecule has 1 fully saturated rings. The molecule has 1 aliphatic carbocycles. The highest BCUT2D eigenvalue weighted by atomic mass is 19.1. The molecule has 0 heterocycles. The van der Waals surface area contributed by atoms with Crippen molar-refractivity contribution in [1.29, 1.82) is 0 Å². The molecule has 16 heavy (non-hydrogen) atoms. The molecule has 1 saturated carbocycles. The van der Waals surface area contributed by atoms with Crippen molar-refractivity contribution in [2.75, 3.05) is 0 Å². The van der Waals surface area contributed by atoms with E-state index in [1.807, 2.05) is 0 Å². The van der Waals surface area contributed by atoms with Crippen molar-refractivity contribution in [1.82, 2.24) is 5.32 Å². The average molecular weight is 225 g/mol. The fourth-order valence-electron chi connectivity index (χ4n) is 2.06. The second kappa shape index (κ2) is 4.91.